The summed E-state index contributed by atoms with van der Waals surface area (Å²) in [7, 11) is 0. The van der Waals surface area contributed by atoms with Crippen LogP contribution in [0.1, 0.15) is 22.3 Å². The Balaban J connectivity index is 1.73. The zero-order chi connectivity index (χ0) is 13.9. The van der Waals surface area contributed by atoms with Crippen LogP contribution in [-0.4, -0.2) is 11.9 Å². The number of hydrogen-bond acceptors (Lipinski definition) is 2. The van der Waals surface area contributed by atoms with Gasteiger partial charge in [-0.2, -0.15) is 0 Å². The van der Waals surface area contributed by atoms with E-state index in [1.54, 1.807) is 0 Å². The number of Topliss-reactive ketones (excluding diaryl/α,β-unsaturated/α-hetero) is 1. The molecule has 1 aliphatic heterocycles. The van der Waals surface area contributed by atoms with Crippen LogP contribution < -0.4 is 4.74 Å². The molecule has 2 nitrogen and oxygen atoms in total. The molecule has 100 valence electrons. The van der Waals surface area contributed by atoms with Crippen molar-refractivity contribution in [3.8, 4) is 5.75 Å². The Kier molecular flexibility index (Phi) is 3.70. The summed E-state index contributed by atoms with van der Waals surface area (Å²) >= 11 is 3.43. The zero-order valence-corrected chi connectivity index (χ0v) is 12.3. The second kappa shape index (κ2) is 5.63. The maximum atomic E-state index is 12.2. The number of ether oxygens (including phenoxy) is 1. The third-order valence-electron chi connectivity index (χ3n) is 3.22. The van der Waals surface area contributed by atoms with Crippen LogP contribution in [0.5, 0.6) is 5.75 Å². The first-order valence-electron chi connectivity index (χ1n) is 6.45. The van der Waals surface area contributed by atoms with Crippen molar-refractivity contribution in [3.63, 3.8) is 0 Å². The summed E-state index contributed by atoms with van der Waals surface area (Å²) in [5.41, 5.74) is 1.76. The van der Waals surface area contributed by atoms with E-state index in [0.29, 0.717) is 6.42 Å². The van der Waals surface area contributed by atoms with Gasteiger partial charge < -0.3 is 4.74 Å². The first-order valence-corrected chi connectivity index (χ1v) is 7.24. The van der Waals surface area contributed by atoms with Crippen molar-refractivity contribution in [1.29, 1.82) is 0 Å². The molecule has 0 saturated carbocycles. The molecule has 0 bridgehead atoms. The van der Waals surface area contributed by atoms with Crippen molar-refractivity contribution >= 4 is 27.8 Å². The fourth-order valence-electron chi connectivity index (χ4n) is 2.20. The molecule has 2 aromatic carbocycles. The van der Waals surface area contributed by atoms with Gasteiger partial charge in [-0.25, -0.2) is 0 Å². The highest BCUT2D eigenvalue weighted by Gasteiger charge is 2.18. The van der Waals surface area contributed by atoms with E-state index in [2.05, 4.69) is 15.9 Å². The first kappa shape index (κ1) is 13.1. The van der Waals surface area contributed by atoms with E-state index >= 15 is 0 Å². The zero-order valence-electron chi connectivity index (χ0n) is 10.8. The lowest BCUT2D eigenvalue weighted by Gasteiger charge is -2.21. The van der Waals surface area contributed by atoms with Crippen LogP contribution in [0.25, 0.3) is 6.08 Å². The summed E-state index contributed by atoms with van der Waals surface area (Å²) in [6, 6.07) is 15.2. The first-order chi connectivity index (χ1) is 9.72. The molecule has 0 amide bonds. The predicted octanol–water partition coefficient (Wildman–Crippen LogP) is 4.50. The molecule has 1 unspecified atom stereocenters. The molecule has 3 heteroatoms. The number of carbonyl (C=O) groups excluding carboxylic acids is 1. The van der Waals surface area contributed by atoms with Crippen molar-refractivity contribution in [2.45, 2.75) is 12.5 Å². The molecule has 0 radical (unpaired) electrons. The number of halogens is 1. The van der Waals surface area contributed by atoms with Crippen LogP contribution >= 0.6 is 15.9 Å². The normalized spacial score (nSPS) is 16.4. The van der Waals surface area contributed by atoms with Gasteiger partial charge in [0.1, 0.15) is 11.9 Å². The third-order valence-corrected chi connectivity index (χ3v) is 3.72. The van der Waals surface area contributed by atoms with Crippen LogP contribution in [-0.2, 0) is 0 Å². The van der Waals surface area contributed by atoms with Gasteiger partial charge in [0.05, 0.1) is 6.42 Å². The summed E-state index contributed by atoms with van der Waals surface area (Å²) in [6.45, 7) is 0. The lowest BCUT2D eigenvalue weighted by Crippen LogP contribution is -2.21. The van der Waals surface area contributed by atoms with E-state index in [1.807, 2.05) is 60.7 Å². The van der Waals surface area contributed by atoms with Gasteiger partial charge in [0.15, 0.2) is 5.78 Å². The Hall–Kier alpha value is -1.87. The van der Waals surface area contributed by atoms with Crippen molar-refractivity contribution in [2.24, 2.45) is 0 Å². The molecule has 3 rings (SSSR count). The highest BCUT2D eigenvalue weighted by atomic mass is 79.9. The summed E-state index contributed by atoms with van der Waals surface area (Å²) in [5, 5.41) is 0. The van der Waals surface area contributed by atoms with Crippen molar-refractivity contribution in [1.82, 2.24) is 0 Å². The number of carbonyl (C=O) groups is 1. The van der Waals surface area contributed by atoms with Crippen LogP contribution in [0.15, 0.2) is 59.1 Å². The monoisotopic (exact) mass is 328 g/mol. The molecule has 0 spiro atoms. The van der Waals surface area contributed by atoms with Crippen LogP contribution in [0, 0.1) is 0 Å². The van der Waals surface area contributed by atoms with Crippen molar-refractivity contribution in [3.05, 3.63) is 70.2 Å². The Morgan fingerprint density at radius 2 is 1.95 bits per heavy atom. The molecule has 2 aromatic rings. The largest absolute Gasteiger partial charge is 0.485 e. The minimum atomic E-state index is -0.198. The van der Waals surface area contributed by atoms with E-state index in [9.17, 15) is 4.79 Å². The van der Waals surface area contributed by atoms with Gasteiger partial charge >= 0.3 is 0 Å². The fraction of sp³-hybridized carbons (Fsp3) is 0.118. The molecular weight excluding hydrogens is 316 g/mol. The van der Waals surface area contributed by atoms with E-state index in [4.69, 9.17) is 4.74 Å². The van der Waals surface area contributed by atoms with Gasteiger partial charge in [-0.05, 0) is 24.3 Å². The molecule has 1 aliphatic rings. The lowest BCUT2D eigenvalue weighted by atomic mass is 10.0. The van der Waals surface area contributed by atoms with E-state index < -0.39 is 0 Å². The maximum Gasteiger partial charge on any atom is 0.166 e. The van der Waals surface area contributed by atoms with Crippen LogP contribution in [0.2, 0.25) is 0 Å². The predicted molar refractivity (Wildman–Crippen MR) is 83.0 cm³/mol. The summed E-state index contributed by atoms with van der Waals surface area (Å²) in [4.78, 5) is 12.2. The van der Waals surface area contributed by atoms with E-state index in [-0.39, 0.29) is 11.9 Å². The number of hydrogen-bond donors (Lipinski definition) is 0. The summed E-state index contributed by atoms with van der Waals surface area (Å²) in [5.74, 6) is 0.919. The average molecular weight is 329 g/mol. The highest BCUT2D eigenvalue weighted by molar-refractivity contribution is 9.10. The maximum absolute atomic E-state index is 12.2. The van der Waals surface area contributed by atoms with Gasteiger partial charge in [-0.1, -0.05) is 52.3 Å². The number of ketones is 1. The highest BCUT2D eigenvalue weighted by Crippen LogP contribution is 2.29. The fourth-order valence-corrected chi connectivity index (χ4v) is 2.58. The number of rotatable bonds is 3. The Morgan fingerprint density at radius 1 is 1.15 bits per heavy atom. The standard InChI is InChI=1S/C17H13BrO2/c18-14-7-9-17-13(10-14)6-8-15(20-17)11-16(19)12-4-2-1-3-5-12/h1-10,15H,11H2. The van der Waals surface area contributed by atoms with Crippen molar-refractivity contribution < 1.29 is 9.53 Å². The Labute approximate surface area is 126 Å². The SMILES string of the molecule is O=C(CC1C=Cc2cc(Br)ccc2O1)c1ccccc1. The van der Waals surface area contributed by atoms with E-state index in [1.165, 1.54) is 0 Å². The quantitative estimate of drug-likeness (QED) is 0.775. The summed E-state index contributed by atoms with van der Waals surface area (Å²) < 4.78 is 6.87. The molecule has 1 atom stereocenters. The smallest absolute Gasteiger partial charge is 0.166 e. The van der Waals surface area contributed by atoms with Crippen molar-refractivity contribution in [2.75, 3.05) is 0 Å². The second-order valence-electron chi connectivity index (χ2n) is 4.69. The average Bonchev–Trinajstić information content (AvgIpc) is 2.48. The molecule has 0 N–H and O–H groups in total. The molecule has 20 heavy (non-hydrogen) atoms. The van der Waals surface area contributed by atoms with Gasteiger partial charge in [-0.3, -0.25) is 4.79 Å². The molecule has 0 saturated heterocycles. The molecule has 0 aliphatic carbocycles. The molecule has 0 fully saturated rings. The Bertz CT molecular complexity index is 662. The summed E-state index contributed by atoms with van der Waals surface area (Å²) in [6.07, 6.45) is 4.11. The minimum Gasteiger partial charge on any atom is -0.485 e. The van der Waals surface area contributed by atoms with Gasteiger partial charge in [0.2, 0.25) is 0 Å². The number of fused-ring (bicyclic) bond motifs is 1. The lowest BCUT2D eigenvalue weighted by molar-refractivity contribution is 0.0935. The molecule has 0 aromatic heterocycles. The minimum absolute atomic E-state index is 0.0980. The molecule has 1 heterocycles. The van der Waals surface area contributed by atoms with Gasteiger partial charge in [0, 0.05) is 15.6 Å². The van der Waals surface area contributed by atoms with E-state index in [0.717, 1.165) is 21.3 Å². The molecular formula is C17H13BrO2. The number of benzene rings is 2. The topological polar surface area (TPSA) is 26.3 Å². The van der Waals surface area contributed by atoms with Crippen LogP contribution in [0.4, 0.5) is 0 Å². The van der Waals surface area contributed by atoms with Crippen LogP contribution in [0.3, 0.4) is 0 Å². The van der Waals surface area contributed by atoms with Gasteiger partial charge in [0.25, 0.3) is 0 Å². The second-order valence-corrected chi connectivity index (χ2v) is 5.61. The third kappa shape index (κ3) is 2.83. The Morgan fingerprint density at radius 3 is 2.75 bits per heavy atom. The van der Waals surface area contributed by atoms with Gasteiger partial charge in [-0.15, -0.1) is 0 Å².